The molecule has 0 saturated heterocycles. The van der Waals surface area contributed by atoms with E-state index in [1.165, 1.54) is 5.56 Å². The van der Waals surface area contributed by atoms with E-state index in [2.05, 4.69) is 30.1 Å². The first-order valence-electron chi connectivity index (χ1n) is 7.20. The molecule has 21 heavy (non-hydrogen) atoms. The van der Waals surface area contributed by atoms with Crippen LogP contribution in [0.15, 0.2) is 22.6 Å². The molecule has 0 spiro atoms. The minimum atomic E-state index is -0.183. The third kappa shape index (κ3) is 2.86. The normalized spacial score (nSPS) is 15.9. The molecule has 0 bridgehead atoms. The van der Waals surface area contributed by atoms with Gasteiger partial charge in [-0.1, -0.05) is 26.0 Å². The summed E-state index contributed by atoms with van der Waals surface area (Å²) in [5, 5.41) is 7.99. The molecule has 0 saturated carbocycles. The monoisotopic (exact) mass is 288 g/mol. The second-order valence-electron chi connectivity index (χ2n) is 6.26. The highest BCUT2D eigenvalue weighted by Gasteiger charge is 2.32. The van der Waals surface area contributed by atoms with Crippen molar-refractivity contribution < 1.29 is 13.9 Å². The lowest BCUT2D eigenvalue weighted by molar-refractivity contribution is 0.130. The predicted molar refractivity (Wildman–Crippen MR) is 77.6 cm³/mol. The molecular weight excluding hydrogens is 268 g/mol. The Hall–Kier alpha value is -2.04. The van der Waals surface area contributed by atoms with Gasteiger partial charge in [-0.3, -0.25) is 0 Å². The van der Waals surface area contributed by atoms with Crippen molar-refractivity contribution >= 4 is 0 Å². The molecule has 0 fully saturated rings. The van der Waals surface area contributed by atoms with Gasteiger partial charge in [0.15, 0.2) is 18.1 Å². The van der Waals surface area contributed by atoms with Crippen LogP contribution in [-0.2, 0) is 13.0 Å². The maximum absolute atomic E-state index is 5.97. The molecular formula is C16H20N2O3. The van der Waals surface area contributed by atoms with E-state index in [0.717, 1.165) is 17.9 Å². The van der Waals surface area contributed by atoms with Crippen molar-refractivity contribution in [2.45, 2.75) is 52.2 Å². The van der Waals surface area contributed by atoms with Gasteiger partial charge in [0.1, 0.15) is 5.60 Å². The molecule has 5 nitrogen and oxygen atoms in total. The third-order valence-electron chi connectivity index (χ3n) is 3.38. The lowest BCUT2D eigenvalue weighted by Crippen LogP contribution is -2.24. The van der Waals surface area contributed by atoms with Gasteiger partial charge in [0.2, 0.25) is 5.89 Å². The van der Waals surface area contributed by atoms with Gasteiger partial charge in [-0.25, -0.2) is 0 Å². The van der Waals surface area contributed by atoms with Gasteiger partial charge in [0.05, 0.1) is 0 Å². The number of hydrogen-bond acceptors (Lipinski definition) is 5. The zero-order valence-corrected chi connectivity index (χ0v) is 12.8. The fourth-order valence-corrected chi connectivity index (χ4v) is 2.40. The maximum atomic E-state index is 5.97. The summed E-state index contributed by atoms with van der Waals surface area (Å²) in [6.07, 6.45) is 0.886. The average molecular weight is 288 g/mol. The van der Waals surface area contributed by atoms with Gasteiger partial charge >= 0.3 is 0 Å². The van der Waals surface area contributed by atoms with Crippen LogP contribution in [-0.4, -0.2) is 15.8 Å². The Morgan fingerprint density at radius 3 is 2.81 bits per heavy atom. The van der Waals surface area contributed by atoms with Gasteiger partial charge in [-0.05, 0) is 19.9 Å². The van der Waals surface area contributed by atoms with Crippen LogP contribution in [0.3, 0.4) is 0 Å². The summed E-state index contributed by atoms with van der Waals surface area (Å²) in [5.41, 5.74) is 0.989. The average Bonchev–Trinajstić information content (AvgIpc) is 2.98. The van der Waals surface area contributed by atoms with Crippen LogP contribution in [0, 0.1) is 0 Å². The molecule has 0 unspecified atom stereocenters. The zero-order valence-electron chi connectivity index (χ0n) is 12.8. The van der Waals surface area contributed by atoms with E-state index >= 15 is 0 Å². The molecule has 1 aliphatic heterocycles. The largest absolute Gasteiger partial charge is 0.483 e. The molecule has 1 aromatic heterocycles. The summed E-state index contributed by atoms with van der Waals surface area (Å²) in [4.78, 5) is 0. The van der Waals surface area contributed by atoms with E-state index < -0.39 is 0 Å². The molecule has 2 aromatic rings. The topological polar surface area (TPSA) is 57.4 Å². The highest BCUT2D eigenvalue weighted by Crippen LogP contribution is 2.41. The van der Waals surface area contributed by atoms with Gasteiger partial charge in [0, 0.05) is 17.9 Å². The summed E-state index contributed by atoms with van der Waals surface area (Å²) in [6.45, 7) is 8.42. The Bertz CT molecular complexity index is 647. The number of benzene rings is 1. The Balaban J connectivity index is 1.73. The number of aromatic nitrogens is 2. The molecule has 0 N–H and O–H groups in total. The molecule has 0 atom stereocenters. The van der Waals surface area contributed by atoms with Crippen LogP contribution in [0.2, 0.25) is 0 Å². The van der Waals surface area contributed by atoms with Gasteiger partial charge in [-0.15, -0.1) is 10.2 Å². The van der Waals surface area contributed by atoms with E-state index in [4.69, 9.17) is 13.9 Å². The quantitative estimate of drug-likeness (QED) is 0.862. The highest BCUT2D eigenvalue weighted by molar-refractivity contribution is 5.50. The van der Waals surface area contributed by atoms with Crippen LogP contribution < -0.4 is 9.47 Å². The summed E-state index contributed by atoms with van der Waals surface area (Å²) < 4.78 is 17.3. The molecule has 1 aliphatic rings. The van der Waals surface area contributed by atoms with Crippen LogP contribution in [0.5, 0.6) is 11.5 Å². The number of hydrogen-bond donors (Lipinski definition) is 0. The molecule has 0 amide bonds. The minimum Gasteiger partial charge on any atom is -0.483 e. The Kier molecular flexibility index (Phi) is 3.35. The van der Waals surface area contributed by atoms with Gasteiger partial charge < -0.3 is 13.9 Å². The first-order chi connectivity index (χ1) is 9.94. The van der Waals surface area contributed by atoms with Gasteiger partial charge in [-0.2, -0.15) is 0 Å². The second-order valence-corrected chi connectivity index (χ2v) is 6.26. The van der Waals surface area contributed by atoms with E-state index in [1.54, 1.807) is 0 Å². The van der Waals surface area contributed by atoms with Crippen molar-refractivity contribution in [3.05, 3.63) is 35.5 Å². The number of rotatable bonds is 4. The van der Waals surface area contributed by atoms with Crippen LogP contribution >= 0.6 is 0 Å². The number of fused-ring (bicyclic) bond motifs is 1. The molecule has 0 radical (unpaired) electrons. The fourth-order valence-electron chi connectivity index (χ4n) is 2.40. The smallest absolute Gasteiger partial charge is 0.253 e. The molecule has 0 aliphatic carbocycles. The minimum absolute atomic E-state index is 0.183. The highest BCUT2D eigenvalue weighted by atomic mass is 16.5. The first-order valence-corrected chi connectivity index (χ1v) is 7.20. The van der Waals surface area contributed by atoms with E-state index in [-0.39, 0.29) is 18.1 Å². The Labute approximate surface area is 124 Å². The number of para-hydroxylation sites is 1. The van der Waals surface area contributed by atoms with Crippen molar-refractivity contribution in [3.63, 3.8) is 0 Å². The molecule has 2 heterocycles. The Morgan fingerprint density at radius 1 is 1.29 bits per heavy atom. The summed E-state index contributed by atoms with van der Waals surface area (Å²) in [7, 11) is 0. The Morgan fingerprint density at radius 2 is 2.10 bits per heavy atom. The van der Waals surface area contributed by atoms with E-state index in [9.17, 15) is 0 Å². The molecule has 5 heteroatoms. The lowest BCUT2D eigenvalue weighted by Gasteiger charge is -2.18. The van der Waals surface area contributed by atoms with Crippen molar-refractivity contribution in [1.29, 1.82) is 0 Å². The fraction of sp³-hybridized carbons (Fsp3) is 0.500. The van der Waals surface area contributed by atoms with Crippen LogP contribution in [0.4, 0.5) is 0 Å². The SMILES string of the molecule is CC(C)c1nnc(COc2cccc3c2OC(C)(C)C3)o1. The first kappa shape index (κ1) is 13.9. The second kappa shape index (κ2) is 5.06. The van der Waals surface area contributed by atoms with E-state index in [0.29, 0.717) is 11.8 Å². The standard InChI is InChI=1S/C16H20N2O3/c1-10(2)15-18-17-13(20-15)9-19-12-7-5-6-11-8-16(3,4)21-14(11)12/h5-7,10H,8-9H2,1-4H3. The molecule has 1 aromatic carbocycles. The zero-order chi connectivity index (χ0) is 15.0. The third-order valence-corrected chi connectivity index (χ3v) is 3.38. The van der Waals surface area contributed by atoms with Crippen molar-refractivity contribution in [2.75, 3.05) is 0 Å². The summed E-state index contributed by atoms with van der Waals surface area (Å²) in [5.74, 6) is 2.88. The van der Waals surface area contributed by atoms with Gasteiger partial charge in [0.25, 0.3) is 5.89 Å². The van der Waals surface area contributed by atoms with Crippen molar-refractivity contribution in [3.8, 4) is 11.5 Å². The van der Waals surface area contributed by atoms with Crippen LogP contribution in [0.25, 0.3) is 0 Å². The predicted octanol–water partition coefficient (Wildman–Crippen LogP) is 3.49. The van der Waals surface area contributed by atoms with Crippen molar-refractivity contribution in [1.82, 2.24) is 10.2 Å². The lowest BCUT2D eigenvalue weighted by atomic mass is 10.0. The van der Waals surface area contributed by atoms with Crippen LogP contribution in [0.1, 0.15) is 51.0 Å². The molecule has 112 valence electrons. The summed E-state index contributed by atoms with van der Waals surface area (Å²) in [6, 6.07) is 5.95. The number of nitrogens with zero attached hydrogens (tertiary/aromatic N) is 2. The molecule has 3 rings (SSSR count). The van der Waals surface area contributed by atoms with Crippen molar-refractivity contribution in [2.24, 2.45) is 0 Å². The van der Waals surface area contributed by atoms with E-state index in [1.807, 2.05) is 26.0 Å². The summed E-state index contributed by atoms with van der Waals surface area (Å²) >= 11 is 0. The maximum Gasteiger partial charge on any atom is 0.253 e. The number of ether oxygens (including phenoxy) is 2.